The number of aromatic nitrogens is 3. The second-order valence-electron chi connectivity index (χ2n) is 6.52. The maximum Gasteiger partial charge on any atom is 0.297 e. The summed E-state index contributed by atoms with van der Waals surface area (Å²) in [4.78, 5) is 42.1. The second-order valence-corrected chi connectivity index (χ2v) is 7.36. The number of hydrazine groups is 1. The predicted octanol–water partition coefficient (Wildman–Crippen LogP) is 4.36. The number of nitrogens with zero attached hydrogens (tertiary/aromatic N) is 6. The molecule has 9 nitrogen and oxygen atoms in total. The summed E-state index contributed by atoms with van der Waals surface area (Å²) in [6, 6.07) is 7.75. The lowest BCUT2D eigenvalue weighted by Gasteiger charge is -2.30. The number of carbonyl (C=O) groups is 2. The Balaban J connectivity index is 1.66. The van der Waals surface area contributed by atoms with Crippen LogP contribution < -0.4 is 10.3 Å². The van der Waals surface area contributed by atoms with Crippen LogP contribution in [-0.4, -0.2) is 38.1 Å². The van der Waals surface area contributed by atoms with E-state index in [2.05, 4.69) is 25.3 Å². The minimum Gasteiger partial charge on any atom is -0.307 e. The van der Waals surface area contributed by atoms with Gasteiger partial charge >= 0.3 is 0 Å². The molecule has 3 aromatic rings. The van der Waals surface area contributed by atoms with Crippen LogP contribution in [0.5, 0.6) is 0 Å². The van der Waals surface area contributed by atoms with Crippen LogP contribution in [0, 0.1) is 0 Å². The third-order valence-electron chi connectivity index (χ3n) is 4.32. The number of rotatable bonds is 5. The number of halogens is 2. The highest BCUT2D eigenvalue weighted by molar-refractivity contribution is 6.34. The molecule has 2 aromatic heterocycles. The number of hydrogen-bond acceptors (Lipinski definition) is 7. The molecule has 0 unspecified atom stereocenters. The summed E-state index contributed by atoms with van der Waals surface area (Å²) in [7, 11) is 0. The number of amides is 2. The van der Waals surface area contributed by atoms with E-state index in [9.17, 15) is 9.59 Å². The quantitative estimate of drug-likeness (QED) is 0.582. The third kappa shape index (κ3) is 5.22. The standard InChI is InChI=1S/C22H15Cl2N7O2/c23-16-4-6-20(28-12-16)29-21(32)15-3-5-19(17(24)11-15)31(30-10-2-1-7-26-14-30)22(33)18-13-25-8-9-27-18/h1-14H,(H,28,29,32). The molecule has 0 saturated carbocycles. The van der Waals surface area contributed by atoms with Crippen molar-refractivity contribution < 1.29 is 9.59 Å². The van der Waals surface area contributed by atoms with Gasteiger partial charge in [-0.25, -0.2) is 25.0 Å². The van der Waals surface area contributed by atoms with Gasteiger partial charge in [0, 0.05) is 36.6 Å². The maximum absolute atomic E-state index is 13.3. The van der Waals surface area contributed by atoms with Crippen molar-refractivity contribution >= 4 is 52.9 Å². The van der Waals surface area contributed by atoms with Crippen molar-refractivity contribution in [1.82, 2.24) is 20.0 Å². The van der Waals surface area contributed by atoms with Gasteiger partial charge in [-0.05, 0) is 42.5 Å². The van der Waals surface area contributed by atoms with E-state index < -0.39 is 11.8 Å². The van der Waals surface area contributed by atoms with Gasteiger partial charge in [-0.3, -0.25) is 14.6 Å². The summed E-state index contributed by atoms with van der Waals surface area (Å²) in [5.74, 6) is -0.585. The Hall–Kier alpha value is -4.08. The Labute approximate surface area is 198 Å². The molecule has 0 radical (unpaired) electrons. The number of pyridine rings is 1. The minimum absolute atomic E-state index is 0.100. The highest BCUT2D eigenvalue weighted by atomic mass is 35.5. The maximum atomic E-state index is 13.3. The smallest absolute Gasteiger partial charge is 0.297 e. The molecule has 1 aromatic carbocycles. The van der Waals surface area contributed by atoms with Gasteiger partial charge in [0.1, 0.15) is 17.9 Å². The van der Waals surface area contributed by atoms with E-state index in [1.165, 1.54) is 47.2 Å². The van der Waals surface area contributed by atoms with E-state index in [1.54, 1.807) is 48.8 Å². The number of allylic oxidation sites excluding steroid dienone is 2. The summed E-state index contributed by atoms with van der Waals surface area (Å²) < 4.78 is 0. The first-order valence-electron chi connectivity index (χ1n) is 9.51. The molecule has 0 bridgehead atoms. The van der Waals surface area contributed by atoms with Crippen molar-refractivity contribution in [1.29, 1.82) is 0 Å². The molecule has 1 N–H and O–H groups in total. The molecule has 0 saturated heterocycles. The fourth-order valence-electron chi connectivity index (χ4n) is 2.82. The van der Waals surface area contributed by atoms with E-state index in [-0.39, 0.29) is 16.3 Å². The fourth-order valence-corrected chi connectivity index (χ4v) is 3.19. The zero-order valence-corrected chi connectivity index (χ0v) is 18.4. The van der Waals surface area contributed by atoms with E-state index in [1.807, 2.05) is 0 Å². The van der Waals surface area contributed by atoms with E-state index in [0.29, 0.717) is 16.5 Å². The van der Waals surface area contributed by atoms with Crippen LogP contribution in [0.4, 0.5) is 11.5 Å². The van der Waals surface area contributed by atoms with Gasteiger partial charge in [0.2, 0.25) is 0 Å². The molecular formula is C22H15Cl2N7O2. The van der Waals surface area contributed by atoms with Crippen molar-refractivity contribution in [3.05, 3.63) is 101 Å². The Morgan fingerprint density at radius 2 is 1.88 bits per heavy atom. The fraction of sp³-hybridized carbons (Fsp3) is 0. The molecule has 11 heteroatoms. The number of carbonyl (C=O) groups excluding carboxylic acids is 2. The molecule has 1 aliphatic rings. The first kappa shape index (κ1) is 22.1. The van der Waals surface area contributed by atoms with Gasteiger partial charge in [0.05, 0.1) is 21.9 Å². The largest absolute Gasteiger partial charge is 0.307 e. The van der Waals surface area contributed by atoms with Crippen LogP contribution in [0.3, 0.4) is 0 Å². The topological polar surface area (TPSA) is 104 Å². The van der Waals surface area contributed by atoms with Crippen LogP contribution in [0.1, 0.15) is 20.8 Å². The molecule has 2 amide bonds. The van der Waals surface area contributed by atoms with E-state index in [0.717, 1.165) is 0 Å². The lowest BCUT2D eigenvalue weighted by molar-refractivity contribution is 0.0948. The van der Waals surface area contributed by atoms with E-state index in [4.69, 9.17) is 23.2 Å². The molecule has 0 aliphatic carbocycles. The Bertz CT molecular complexity index is 1250. The molecule has 4 rings (SSSR count). The van der Waals surface area contributed by atoms with Crippen LogP contribution >= 0.6 is 23.2 Å². The third-order valence-corrected chi connectivity index (χ3v) is 4.85. The average Bonchev–Trinajstić information content (AvgIpc) is 3.11. The minimum atomic E-state index is -0.495. The lowest BCUT2D eigenvalue weighted by Crippen LogP contribution is -2.43. The van der Waals surface area contributed by atoms with Crippen LogP contribution in [0.25, 0.3) is 0 Å². The summed E-state index contributed by atoms with van der Waals surface area (Å²) in [6.07, 6.45) is 13.7. The van der Waals surface area contributed by atoms with Gasteiger partial charge in [-0.1, -0.05) is 23.2 Å². The van der Waals surface area contributed by atoms with Crippen molar-refractivity contribution in [3.8, 4) is 0 Å². The van der Waals surface area contributed by atoms with Crippen molar-refractivity contribution in [2.24, 2.45) is 4.99 Å². The average molecular weight is 480 g/mol. The Morgan fingerprint density at radius 1 is 1.00 bits per heavy atom. The van der Waals surface area contributed by atoms with E-state index >= 15 is 0 Å². The highest BCUT2D eigenvalue weighted by Gasteiger charge is 2.26. The van der Waals surface area contributed by atoms with Crippen LogP contribution in [0.2, 0.25) is 10.0 Å². The summed E-state index contributed by atoms with van der Waals surface area (Å²) in [5.41, 5.74) is 0.684. The van der Waals surface area contributed by atoms with Crippen LogP contribution in [0.15, 0.2) is 84.7 Å². The predicted molar refractivity (Wildman–Crippen MR) is 126 cm³/mol. The number of nitrogens with one attached hydrogen (secondary N) is 1. The van der Waals surface area contributed by atoms with Crippen LogP contribution in [-0.2, 0) is 0 Å². The zero-order chi connectivity index (χ0) is 23.2. The zero-order valence-electron chi connectivity index (χ0n) is 16.8. The molecule has 0 fully saturated rings. The first-order chi connectivity index (χ1) is 16.0. The molecular weight excluding hydrogens is 465 g/mol. The SMILES string of the molecule is O=C(Nc1ccc(Cl)cn1)c1ccc(N(C(=O)c2cnccn2)N2C=CC=CN=C2)c(Cl)c1. The van der Waals surface area contributed by atoms with Gasteiger partial charge in [-0.2, -0.15) is 0 Å². The Morgan fingerprint density at radius 3 is 2.61 bits per heavy atom. The monoisotopic (exact) mass is 479 g/mol. The molecule has 3 heterocycles. The van der Waals surface area contributed by atoms with Crippen molar-refractivity contribution in [3.63, 3.8) is 0 Å². The molecule has 33 heavy (non-hydrogen) atoms. The first-order valence-corrected chi connectivity index (χ1v) is 10.3. The lowest BCUT2D eigenvalue weighted by atomic mass is 10.2. The van der Waals surface area contributed by atoms with Crippen molar-refractivity contribution in [2.75, 3.05) is 10.3 Å². The van der Waals surface area contributed by atoms with Crippen molar-refractivity contribution in [2.45, 2.75) is 0 Å². The number of benzene rings is 1. The normalized spacial score (nSPS) is 12.4. The van der Waals surface area contributed by atoms with Gasteiger partial charge in [0.15, 0.2) is 0 Å². The van der Waals surface area contributed by atoms with Gasteiger partial charge in [-0.15, -0.1) is 0 Å². The summed E-state index contributed by atoms with van der Waals surface area (Å²) in [5, 5.41) is 6.01. The number of anilines is 2. The second kappa shape index (κ2) is 10.0. The summed E-state index contributed by atoms with van der Waals surface area (Å²) in [6.45, 7) is 0. The number of hydrogen-bond donors (Lipinski definition) is 1. The highest BCUT2D eigenvalue weighted by Crippen LogP contribution is 2.30. The van der Waals surface area contributed by atoms with Gasteiger partial charge < -0.3 is 5.32 Å². The molecule has 1 aliphatic heterocycles. The Kier molecular flexibility index (Phi) is 6.72. The molecule has 164 valence electrons. The summed E-state index contributed by atoms with van der Waals surface area (Å²) >= 11 is 12.4. The number of aliphatic imine (C=N–C) groups is 1. The molecule has 0 spiro atoms. The molecule has 0 atom stereocenters. The van der Waals surface area contributed by atoms with Gasteiger partial charge in [0.25, 0.3) is 11.8 Å².